The zero-order valence-corrected chi connectivity index (χ0v) is 13.2. The maximum Gasteiger partial charge on any atom is 0.0701 e. The third-order valence-electron chi connectivity index (χ3n) is 3.13. The Morgan fingerprint density at radius 1 is 1.18 bits per heavy atom. The maximum atomic E-state index is 6.16. The van der Waals surface area contributed by atoms with Crippen LogP contribution < -0.4 is 5.73 Å². The first-order valence-corrected chi connectivity index (χ1v) is 8.40. The number of nitrogens with two attached hydrogens (primary N) is 1. The minimum absolute atomic E-state index is 0.230. The van der Waals surface area contributed by atoms with Gasteiger partial charge in [-0.15, -0.1) is 11.3 Å². The maximum absolute atomic E-state index is 6.16. The van der Waals surface area contributed by atoms with Crippen molar-refractivity contribution in [3.05, 3.63) is 20.8 Å². The number of rotatable bonds is 9. The molecule has 0 spiro atoms. The second-order valence-electron chi connectivity index (χ2n) is 4.70. The quantitative estimate of drug-likeness (QED) is 0.585. The Labute approximate surface area is 118 Å². The molecule has 0 bridgehead atoms. The zero-order chi connectivity index (χ0) is 12.5. The van der Waals surface area contributed by atoms with Gasteiger partial charge < -0.3 is 5.73 Å². The van der Waals surface area contributed by atoms with Crippen LogP contribution in [-0.4, -0.2) is 0 Å². The van der Waals surface area contributed by atoms with E-state index in [0.29, 0.717) is 0 Å². The molecule has 0 radical (unpaired) electrons. The molecular weight excluding hydrogens is 294 g/mol. The predicted octanol–water partition coefficient (Wildman–Crippen LogP) is 5.65. The van der Waals surface area contributed by atoms with Crippen molar-refractivity contribution in [2.24, 2.45) is 5.73 Å². The van der Waals surface area contributed by atoms with Gasteiger partial charge in [0, 0.05) is 6.04 Å². The number of halogens is 1. The van der Waals surface area contributed by atoms with E-state index < -0.39 is 0 Å². The van der Waals surface area contributed by atoms with Crippen LogP contribution in [0.4, 0.5) is 0 Å². The van der Waals surface area contributed by atoms with Crippen LogP contribution >= 0.6 is 27.3 Å². The van der Waals surface area contributed by atoms with Crippen molar-refractivity contribution < 1.29 is 0 Å². The van der Waals surface area contributed by atoms with Crippen molar-refractivity contribution in [3.63, 3.8) is 0 Å². The summed E-state index contributed by atoms with van der Waals surface area (Å²) in [5, 5.41) is 2.16. The first kappa shape index (κ1) is 15.2. The molecule has 1 aromatic rings. The molecule has 1 aromatic heterocycles. The van der Waals surface area contributed by atoms with Gasteiger partial charge in [0.1, 0.15) is 0 Å². The number of thiophene rings is 1. The lowest BCUT2D eigenvalue weighted by molar-refractivity contribution is 0.541. The fourth-order valence-electron chi connectivity index (χ4n) is 2.01. The van der Waals surface area contributed by atoms with Crippen molar-refractivity contribution in [3.8, 4) is 0 Å². The van der Waals surface area contributed by atoms with Crippen LogP contribution in [0.1, 0.15) is 69.9 Å². The van der Waals surface area contributed by atoms with E-state index in [-0.39, 0.29) is 6.04 Å². The van der Waals surface area contributed by atoms with E-state index in [1.165, 1.54) is 54.3 Å². The second-order valence-corrected chi connectivity index (χ2v) is 6.99. The smallest absolute Gasteiger partial charge is 0.0701 e. The van der Waals surface area contributed by atoms with E-state index in [0.717, 1.165) is 6.42 Å². The molecular formula is C14H24BrNS. The van der Waals surface area contributed by atoms with Crippen molar-refractivity contribution in [2.75, 3.05) is 0 Å². The Bertz CT molecular complexity index is 298. The van der Waals surface area contributed by atoms with E-state index in [9.17, 15) is 0 Å². The highest BCUT2D eigenvalue weighted by atomic mass is 79.9. The van der Waals surface area contributed by atoms with Gasteiger partial charge in [0.05, 0.1) is 3.79 Å². The molecule has 1 unspecified atom stereocenters. The van der Waals surface area contributed by atoms with Gasteiger partial charge in [-0.3, -0.25) is 0 Å². The van der Waals surface area contributed by atoms with Crippen LogP contribution in [0.3, 0.4) is 0 Å². The number of hydrogen-bond donors (Lipinski definition) is 1. The molecule has 0 saturated heterocycles. The van der Waals surface area contributed by atoms with Crippen molar-refractivity contribution >= 4 is 27.3 Å². The minimum atomic E-state index is 0.230. The van der Waals surface area contributed by atoms with E-state index >= 15 is 0 Å². The largest absolute Gasteiger partial charge is 0.324 e. The van der Waals surface area contributed by atoms with E-state index in [1.807, 2.05) is 0 Å². The van der Waals surface area contributed by atoms with Crippen LogP contribution in [0, 0.1) is 0 Å². The molecule has 0 amide bonds. The number of hydrogen-bond acceptors (Lipinski definition) is 2. The Morgan fingerprint density at radius 3 is 2.41 bits per heavy atom. The topological polar surface area (TPSA) is 26.0 Å². The fraction of sp³-hybridized carbons (Fsp3) is 0.714. The summed E-state index contributed by atoms with van der Waals surface area (Å²) in [5.74, 6) is 0. The van der Waals surface area contributed by atoms with Gasteiger partial charge >= 0.3 is 0 Å². The standard InChI is InChI=1S/C14H24BrNS/c1-2-3-4-5-6-7-8-9-13(16)12-10-14(15)17-11-12/h10-11,13H,2-9,16H2,1H3. The van der Waals surface area contributed by atoms with E-state index in [1.54, 1.807) is 11.3 Å². The van der Waals surface area contributed by atoms with Gasteiger partial charge in [-0.25, -0.2) is 0 Å². The van der Waals surface area contributed by atoms with E-state index in [2.05, 4.69) is 34.3 Å². The average Bonchev–Trinajstić information content (AvgIpc) is 2.74. The molecule has 17 heavy (non-hydrogen) atoms. The Morgan fingerprint density at radius 2 is 1.82 bits per heavy atom. The molecule has 0 aliphatic carbocycles. The first-order chi connectivity index (χ1) is 8.24. The molecule has 3 heteroatoms. The summed E-state index contributed by atoms with van der Waals surface area (Å²) in [4.78, 5) is 0. The molecule has 0 fully saturated rings. The van der Waals surface area contributed by atoms with Gasteiger partial charge in [-0.1, -0.05) is 51.9 Å². The molecule has 0 aliphatic rings. The highest BCUT2D eigenvalue weighted by Gasteiger charge is 2.07. The van der Waals surface area contributed by atoms with Crippen LogP contribution in [0.5, 0.6) is 0 Å². The molecule has 1 rings (SSSR count). The summed E-state index contributed by atoms with van der Waals surface area (Å²) in [7, 11) is 0. The van der Waals surface area contributed by atoms with Crippen molar-refractivity contribution in [2.45, 2.75) is 64.3 Å². The van der Waals surface area contributed by atoms with Crippen LogP contribution in [0.25, 0.3) is 0 Å². The summed E-state index contributed by atoms with van der Waals surface area (Å²) in [6.45, 7) is 2.26. The van der Waals surface area contributed by atoms with Crippen LogP contribution in [0.2, 0.25) is 0 Å². The predicted molar refractivity (Wildman–Crippen MR) is 81.6 cm³/mol. The monoisotopic (exact) mass is 317 g/mol. The Hall–Kier alpha value is 0.140. The highest BCUT2D eigenvalue weighted by molar-refractivity contribution is 9.11. The Balaban J connectivity index is 2.03. The molecule has 98 valence electrons. The fourth-order valence-corrected chi connectivity index (χ4v) is 3.25. The molecule has 0 aromatic carbocycles. The molecule has 0 aliphatic heterocycles. The SMILES string of the molecule is CCCCCCCCCC(N)c1csc(Br)c1. The minimum Gasteiger partial charge on any atom is -0.324 e. The molecule has 1 atom stereocenters. The average molecular weight is 318 g/mol. The van der Waals surface area contributed by atoms with Gasteiger partial charge in [-0.2, -0.15) is 0 Å². The molecule has 1 nitrogen and oxygen atoms in total. The normalized spacial score (nSPS) is 12.9. The highest BCUT2D eigenvalue weighted by Crippen LogP contribution is 2.26. The molecule has 1 heterocycles. The van der Waals surface area contributed by atoms with E-state index in [4.69, 9.17) is 5.73 Å². The van der Waals surface area contributed by atoms with Gasteiger partial charge in [0.25, 0.3) is 0 Å². The van der Waals surface area contributed by atoms with Gasteiger partial charge in [-0.05, 0) is 39.4 Å². The summed E-state index contributed by atoms with van der Waals surface area (Å²) in [5.41, 5.74) is 7.44. The number of unbranched alkanes of at least 4 members (excludes halogenated alkanes) is 6. The second kappa shape index (κ2) is 9.12. The van der Waals surface area contributed by atoms with Crippen molar-refractivity contribution in [1.82, 2.24) is 0 Å². The van der Waals surface area contributed by atoms with Crippen molar-refractivity contribution in [1.29, 1.82) is 0 Å². The lowest BCUT2D eigenvalue weighted by atomic mass is 10.0. The van der Waals surface area contributed by atoms with Gasteiger partial charge in [0.2, 0.25) is 0 Å². The third kappa shape index (κ3) is 6.58. The summed E-state index contributed by atoms with van der Waals surface area (Å²) >= 11 is 5.20. The molecule has 2 N–H and O–H groups in total. The first-order valence-electron chi connectivity index (χ1n) is 6.73. The van der Waals surface area contributed by atoms with Crippen LogP contribution in [-0.2, 0) is 0 Å². The van der Waals surface area contributed by atoms with Crippen LogP contribution in [0.15, 0.2) is 15.2 Å². The summed E-state index contributed by atoms with van der Waals surface area (Å²) in [6, 6.07) is 2.38. The molecule has 0 saturated carbocycles. The zero-order valence-electron chi connectivity index (χ0n) is 10.8. The lowest BCUT2D eigenvalue weighted by Gasteiger charge is -2.09. The third-order valence-corrected chi connectivity index (χ3v) is 4.66. The lowest BCUT2D eigenvalue weighted by Crippen LogP contribution is -2.08. The summed E-state index contributed by atoms with van der Waals surface area (Å²) in [6.07, 6.45) is 10.6. The Kier molecular flexibility index (Phi) is 8.15. The summed E-state index contributed by atoms with van der Waals surface area (Å²) < 4.78 is 1.18. The van der Waals surface area contributed by atoms with Gasteiger partial charge in [0.15, 0.2) is 0 Å².